The summed E-state index contributed by atoms with van der Waals surface area (Å²) in [6, 6.07) is 10.9. The number of hydrogen-bond donors (Lipinski definition) is 1. The maximum Gasteiger partial charge on any atom is 0.234 e. The van der Waals surface area contributed by atoms with E-state index in [-0.39, 0.29) is 5.91 Å². The topological polar surface area (TPSA) is 32.3 Å². The molecule has 0 saturated carbocycles. The predicted octanol–water partition coefficient (Wildman–Crippen LogP) is 2.21. The van der Waals surface area contributed by atoms with E-state index >= 15 is 0 Å². The van der Waals surface area contributed by atoms with Crippen LogP contribution >= 0.6 is 0 Å². The highest BCUT2D eigenvalue weighted by Gasteiger charge is 2.37. The highest BCUT2D eigenvalue weighted by Crippen LogP contribution is 2.37. The summed E-state index contributed by atoms with van der Waals surface area (Å²) in [5, 5.41) is 2.94. The monoisotopic (exact) mass is 246 g/mol. The molecule has 1 fully saturated rings. The van der Waals surface area contributed by atoms with Crippen LogP contribution in [0.4, 0.5) is 0 Å². The van der Waals surface area contributed by atoms with E-state index in [1.807, 2.05) is 6.07 Å². The van der Waals surface area contributed by atoms with Crippen molar-refractivity contribution in [3.8, 4) is 0 Å². The molecule has 2 atom stereocenters. The number of amides is 1. The van der Waals surface area contributed by atoms with E-state index in [1.165, 1.54) is 5.56 Å². The van der Waals surface area contributed by atoms with Crippen LogP contribution in [0.1, 0.15) is 31.9 Å². The van der Waals surface area contributed by atoms with Crippen molar-refractivity contribution in [1.29, 1.82) is 0 Å². The second-order valence-corrected chi connectivity index (χ2v) is 5.11. The number of likely N-dealkylation sites (tertiary alicyclic amines) is 1. The molecule has 18 heavy (non-hydrogen) atoms. The first-order chi connectivity index (χ1) is 8.72. The van der Waals surface area contributed by atoms with Crippen molar-refractivity contribution in [3.63, 3.8) is 0 Å². The molecule has 0 spiro atoms. The Morgan fingerprint density at radius 1 is 1.39 bits per heavy atom. The van der Waals surface area contributed by atoms with Crippen molar-refractivity contribution in [2.75, 3.05) is 19.6 Å². The van der Waals surface area contributed by atoms with Gasteiger partial charge in [0.2, 0.25) is 5.91 Å². The third-order valence-electron chi connectivity index (χ3n) is 3.51. The third-order valence-corrected chi connectivity index (χ3v) is 3.51. The fourth-order valence-corrected chi connectivity index (χ4v) is 2.66. The second kappa shape index (κ2) is 6.01. The minimum atomic E-state index is 0.143. The summed E-state index contributed by atoms with van der Waals surface area (Å²) in [5.74, 6) is 0.774. The van der Waals surface area contributed by atoms with E-state index in [4.69, 9.17) is 0 Å². The maximum atomic E-state index is 11.7. The Bertz CT molecular complexity index is 391. The minimum absolute atomic E-state index is 0.143. The Hall–Kier alpha value is -1.35. The number of carbonyl (C=O) groups is 1. The standard InChI is InChI=1S/C15H22N2O/c1-3-9-16-14(18)11-17-10-12(2)15(17)13-7-5-4-6-8-13/h4-8,12,15H,3,9-11H2,1-2H3,(H,16,18)/t12-,15+/m1/s1. The summed E-state index contributed by atoms with van der Waals surface area (Å²) in [6.45, 7) is 6.62. The molecular formula is C15H22N2O. The molecule has 0 bridgehead atoms. The van der Waals surface area contributed by atoms with E-state index in [1.54, 1.807) is 0 Å². The fraction of sp³-hybridized carbons (Fsp3) is 0.533. The van der Waals surface area contributed by atoms with E-state index in [9.17, 15) is 4.79 Å². The van der Waals surface area contributed by atoms with Gasteiger partial charge in [0.1, 0.15) is 0 Å². The third kappa shape index (κ3) is 2.91. The van der Waals surface area contributed by atoms with E-state index in [2.05, 4.69) is 48.3 Å². The fourth-order valence-electron chi connectivity index (χ4n) is 2.66. The molecule has 1 aromatic rings. The average Bonchev–Trinajstić information content (AvgIpc) is 2.36. The highest BCUT2D eigenvalue weighted by atomic mass is 16.2. The lowest BCUT2D eigenvalue weighted by molar-refractivity contribution is -0.125. The van der Waals surface area contributed by atoms with Crippen LogP contribution in [0.5, 0.6) is 0 Å². The van der Waals surface area contributed by atoms with Crippen LogP contribution in [0, 0.1) is 5.92 Å². The van der Waals surface area contributed by atoms with E-state index in [0.29, 0.717) is 18.5 Å². The molecule has 1 saturated heterocycles. The molecule has 1 amide bonds. The molecule has 1 heterocycles. The van der Waals surface area contributed by atoms with Gasteiger partial charge in [0, 0.05) is 19.1 Å². The van der Waals surface area contributed by atoms with Gasteiger partial charge in [-0.1, -0.05) is 44.2 Å². The number of carbonyl (C=O) groups excluding carboxylic acids is 1. The predicted molar refractivity (Wildman–Crippen MR) is 73.2 cm³/mol. The molecule has 3 heteroatoms. The largest absolute Gasteiger partial charge is 0.355 e. The quantitative estimate of drug-likeness (QED) is 0.864. The molecule has 1 N–H and O–H groups in total. The summed E-state index contributed by atoms with van der Waals surface area (Å²) in [7, 11) is 0. The summed E-state index contributed by atoms with van der Waals surface area (Å²) in [5.41, 5.74) is 1.32. The van der Waals surface area contributed by atoms with E-state index < -0.39 is 0 Å². The molecule has 1 aromatic carbocycles. The van der Waals surface area contributed by atoms with Crippen LogP contribution in [0.25, 0.3) is 0 Å². The van der Waals surface area contributed by atoms with Crippen molar-refractivity contribution < 1.29 is 4.79 Å². The van der Waals surface area contributed by atoms with Gasteiger partial charge in [-0.15, -0.1) is 0 Å². The van der Waals surface area contributed by atoms with Gasteiger partial charge >= 0.3 is 0 Å². The van der Waals surface area contributed by atoms with Crippen LogP contribution in [-0.4, -0.2) is 30.4 Å². The number of nitrogens with zero attached hydrogens (tertiary/aromatic N) is 1. The zero-order valence-corrected chi connectivity index (χ0v) is 11.2. The first kappa shape index (κ1) is 13.1. The lowest BCUT2D eigenvalue weighted by Gasteiger charge is -2.46. The minimum Gasteiger partial charge on any atom is -0.355 e. The SMILES string of the molecule is CCCNC(=O)CN1C[C@@H](C)[C@H]1c1ccccc1. The Morgan fingerprint density at radius 2 is 2.11 bits per heavy atom. The Labute approximate surface area is 109 Å². The Kier molecular flexibility index (Phi) is 4.37. The lowest BCUT2D eigenvalue weighted by atomic mass is 9.85. The van der Waals surface area contributed by atoms with Gasteiger partial charge in [-0.25, -0.2) is 0 Å². The average molecular weight is 246 g/mol. The Balaban J connectivity index is 1.92. The molecule has 0 radical (unpaired) electrons. The van der Waals surface area contributed by atoms with Gasteiger partial charge in [-0.05, 0) is 17.9 Å². The number of hydrogen-bond acceptors (Lipinski definition) is 2. The first-order valence-corrected chi connectivity index (χ1v) is 6.78. The van der Waals surface area contributed by atoms with Gasteiger partial charge in [0.25, 0.3) is 0 Å². The van der Waals surface area contributed by atoms with Crippen LogP contribution in [0.15, 0.2) is 30.3 Å². The zero-order chi connectivity index (χ0) is 13.0. The van der Waals surface area contributed by atoms with Crippen molar-refractivity contribution in [2.45, 2.75) is 26.3 Å². The van der Waals surface area contributed by atoms with Gasteiger partial charge in [0.05, 0.1) is 6.54 Å². The normalized spacial score (nSPS) is 23.4. The van der Waals surface area contributed by atoms with Crippen LogP contribution < -0.4 is 5.32 Å². The van der Waals surface area contributed by atoms with Gasteiger partial charge in [-0.3, -0.25) is 9.69 Å². The number of benzene rings is 1. The molecular weight excluding hydrogens is 224 g/mol. The summed E-state index contributed by atoms with van der Waals surface area (Å²) in [6.07, 6.45) is 0.990. The zero-order valence-electron chi connectivity index (χ0n) is 11.2. The molecule has 1 aliphatic rings. The lowest BCUT2D eigenvalue weighted by Crippen LogP contribution is -2.52. The molecule has 1 aliphatic heterocycles. The summed E-state index contributed by atoms with van der Waals surface area (Å²) < 4.78 is 0. The van der Waals surface area contributed by atoms with Crippen molar-refractivity contribution in [1.82, 2.24) is 10.2 Å². The number of nitrogens with one attached hydrogen (secondary N) is 1. The highest BCUT2D eigenvalue weighted by molar-refractivity contribution is 5.78. The molecule has 98 valence electrons. The van der Waals surface area contributed by atoms with Crippen molar-refractivity contribution in [3.05, 3.63) is 35.9 Å². The number of rotatable bonds is 5. The molecule has 0 aliphatic carbocycles. The Morgan fingerprint density at radius 3 is 2.72 bits per heavy atom. The molecule has 0 aromatic heterocycles. The van der Waals surface area contributed by atoms with Crippen LogP contribution in [-0.2, 0) is 4.79 Å². The van der Waals surface area contributed by atoms with Crippen LogP contribution in [0.3, 0.4) is 0 Å². The molecule has 0 unspecified atom stereocenters. The van der Waals surface area contributed by atoms with E-state index in [0.717, 1.165) is 19.5 Å². The van der Waals surface area contributed by atoms with Gasteiger partial charge in [-0.2, -0.15) is 0 Å². The van der Waals surface area contributed by atoms with Gasteiger partial charge < -0.3 is 5.32 Å². The van der Waals surface area contributed by atoms with Crippen LogP contribution in [0.2, 0.25) is 0 Å². The first-order valence-electron chi connectivity index (χ1n) is 6.78. The maximum absolute atomic E-state index is 11.7. The summed E-state index contributed by atoms with van der Waals surface area (Å²) in [4.78, 5) is 14.0. The smallest absolute Gasteiger partial charge is 0.234 e. The molecule has 2 rings (SSSR count). The van der Waals surface area contributed by atoms with Gasteiger partial charge in [0.15, 0.2) is 0 Å². The second-order valence-electron chi connectivity index (χ2n) is 5.11. The van der Waals surface area contributed by atoms with Crippen molar-refractivity contribution in [2.24, 2.45) is 5.92 Å². The molecule has 3 nitrogen and oxygen atoms in total. The summed E-state index contributed by atoms with van der Waals surface area (Å²) >= 11 is 0. The van der Waals surface area contributed by atoms with Crippen molar-refractivity contribution >= 4 is 5.91 Å².